The van der Waals surface area contributed by atoms with E-state index in [0.717, 1.165) is 12.0 Å². The van der Waals surface area contributed by atoms with E-state index < -0.39 is 10.0 Å². The maximum atomic E-state index is 11.4. The predicted octanol–water partition coefficient (Wildman–Crippen LogP) is 2.61. The van der Waals surface area contributed by atoms with Crippen LogP contribution < -0.4 is 5.14 Å². The highest BCUT2D eigenvalue weighted by Crippen LogP contribution is 2.30. The molecule has 16 heavy (non-hydrogen) atoms. The number of sulfonamides is 1. The second-order valence-corrected chi connectivity index (χ2v) is 6.50. The molecule has 0 radical (unpaired) electrons. The maximum Gasteiger partial charge on any atom is 0.238 e. The Hall–Kier alpha value is -0.390. The number of hydrogen-bond acceptors (Lipinski definition) is 2. The Morgan fingerprint density at radius 3 is 2.44 bits per heavy atom. The molecule has 1 aromatic carbocycles. The van der Waals surface area contributed by atoms with Gasteiger partial charge < -0.3 is 0 Å². The summed E-state index contributed by atoms with van der Waals surface area (Å²) >= 11 is 3.54. The van der Waals surface area contributed by atoms with E-state index in [0.29, 0.717) is 0 Å². The van der Waals surface area contributed by atoms with E-state index in [4.69, 9.17) is 5.14 Å². The largest absolute Gasteiger partial charge is 0.238 e. The van der Waals surface area contributed by atoms with Gasteiger partial charge in [-0.15, -0.1) is 0 Å². The smallest absolute Gasteiger partial charge is 0.225 e. The Balaban J connectivity index is 3.24. The van der Waals surface area contributed by atoms with Crippen LogP contribution in [-0.4, -0.2) is 13.2 Å². The summed E-state index contributed by atoms with van der Waals surface area (Å²) in [5.74, 6) is 0.111. The van der Waals surface area contributed by atoms with E-state index in [1.807, 2.05) is 19.1 Å². The number of primary sulfonamides is 1. The van der Waals surface area contributed by atoms with Crippen LogP contribution >= 0.6 is 15.9 Å². The third kappa shape index (κ3) is 3.06. The number of alkyl halides is 1. The first-order chi connectivity index (χ1) is 7.38. The zero-order valence-corrected chi connectivity index (χ0v) is 11.8. The number of rotatable bonds is 4. The molecule has 3 nitrogen and oxygen atoms in total. The summed E-state index contributed by atoms with van der Waals surface area (Å²) in [6.45, 7) is 4.04. The summed E-state index contributed by atoms with van der Waals surface area (Å²) in [4.78, 5) is 0.468. The third-order valence-electron chi connectivity index (χ3n) is 2.65. The minimum atomic E-state index is -3.64. The van der Waals surface area contributed by atoms with Crippen molar-refractivity contribution < 1.29 is 8.42 Å². The first-order valence-electron chi connectivity index (χ1n) is 5.13. The second kappa shape index (κ2) is 5.29. The predicted molar refractivity (Wildman–Crippen MR) is 69.2 cm³/mol. The van der Waals surface area contributed by atoms with Crippen LogP contribution in [0.2, 0.25) is 0 Å². The fourth-order valence-electron chi connectivity index (χ4n) is 1.66. The van der Waals surface area contributed by atoms with Crippen LogP contribution in [0, 0.1) is 0 Å². The lowest BCUT2D eigenvalue weighted by atomic mass is 9.96. The molecule has 5 heteroatoms. The van der Waals surface area contributed by atoms with Gasteiger partial charge in [0.15, 0.2) is 0 Å². The van der Waals surface area contributed by atoms with Crippen molar-refractivity contribution in [2.75, 3.05) is 0 Å². The molecule has 0 amide bonds. The van der Waals surface area contributed by atoms with Gasteiger partial charge in [-0.25, -0.2) is 13.6 Å². The van der Waals surface area contributed by atoms with Gasteiger partial charge in [0, 0.05) is 4.83 Å². The zero-order chi connectivity index (χ0) is 12.3. The summed E-state index contributed by atoms with van der Waals surface area (Å²) in [6.07, 6.45) is 0.931. The number of benzene rings is 1. The van der Waals surface area contributed by atoms with Crippen molar-refractivity contribution in [2.24, 2.45) is 5.14 Å². The lowest BCUT2D eigenvalue weighted by Gasteiger charge is -2.19. The van der Waals surface area contributed by atoms with Gasteiger partial charge in [-0.3, -0.25) is 0 Å². The SMILES string of the molecule is CCC(Br)C(C)c1ccccc1S(N)(=O)=O. The van der Waals surface area contributed by atoms with Crippen LogP contribution in [0.1, 0.15) is 31.7 Å². The first kappa shape index (κ1) is 13.7. The molecule has 2 atom stereocenters. The van der Waals surface area contributed by atoms with Gasteiger partial charge in [0.25, 0.3) is 0 Å². The van der Waals surface area contributed by atoms with E-state index in [9.17, 15) is 8.42 Å². The summed E-state index contributed by atoms with van der Waals surface area (Å²) < 4.78 is 22.9. The molecule has 0 saturated carbocycles. The maximum absolute atomic E-state index is 11.4. The summed E-state index contributed by atoms with van der Waals surface area (Å²) in [5, 5.41) is 5.19. The third-order valence-corrected chi connectivity index (χ3v) is 5.07. The van der Waals surface area contributed by atoms with Gasteiger partial charge in [0.1, 0.15) is 0 Å². The first-order valence-corrected chi connectivity index (χ1v) is 7.60. The number of nitrogens with two attached hydrogens (primary N) is 1. The van der Waals surface area contributed by atoms with Crippen molar-refractivity contribution in [3.05, 3.63) is 29.8 Å². The van der Waals surface area contributed by atoms with Crippen molar-refractivity contribution in [2.45, 2.75) is 35.9 Å². The molecule has 0 aliphatic carbocycles. The van der Waals surface area contributed by atoms with Gasteiger partial charge in [-0.1, -0.05) is 48.0 Å². The van der Waals surface area contributed by atoms with Crippen LogP contribution in [0.25, 0.3) is 0 Å². The standard InChI is InChI=1S/C11H16BrNO2S/c1-3-10(12)8(2)9-6-4-5-7-11(9)16(13,14)15/h4-8,10H,3H2,1-2H3,(H2,13,14,15). The minimum Gasteiger partial charge on any atom is -0.225 e. The molecule has 0 bridgehead atoms. The average Bonchev–Trinajstić information content (AvgIpc) is 2.26. The Morgan fingerprint density at radius 1 is 1.38 bits per heavy atom. The van der Waals surface area contributed by atoms with Crippen LogP contribution in [0.5, 0.6) is 0 Å². The van der Waals surface area contributed by atoms with Crippen LogP contribution in [0.15, 0.2) is 29.2 Å². The molecule has 90 valence electrons. The van der Waals surface area contributed by atoms with Crippen molar-refractivity contribution in [3.63, 3.8) is 0 Å². The van der Waals surface area contributed by atoms with Gasteiger partial charge in [0.05, 0.1) is 4.90 Å². The van der Waals surface area contributed by atoms with E-state index in [2.05, 4.69) is 22.9 Å². The summed E-state index contributed by atoms with van der Waals surface area (Å²) in [6, 6.07) is 6.88. The molecule has 2 unspecified atom stereocenters. The Labute approximate surface area is 105 Å². The van der Waals surface area contributed by atoms with Crippen molar-refractivity contribution in [1.82, 2.24) is 0 Å². The second-order valence-electron chi connectivity index (χ2n) is 3.80. The van der Waals surface area contributed by atoms with Gasteiger partial charge in [0.2, 0.25) is 10.0 Å². The molecule has 0 aromatic heterocycles. The van der Waals surface area contributed by atoms with Gasteiger partial charge in [-0.2, -0.15) is 0 Å². The number of hydrogen-bond donors (Lipinski definition) is 1. The molecule has 0 fully saturated rings. The Bertz CT molecular complexity index is 459. The average molecular weight is 306 g/mol. The van der Waals surface area contributed by atoms with E-state index in [1.165, 1.54) is 0 Å². The lowest BCUT2D eigenvalue weighted by Crippen LogP contribution is -2.18. The van der Waals surface area contributed by atoms with E-state index in [1.54, 1.807) is 12.1 Å². The fraction of sp³-hybridized carbons (Fsp3) is 0.455. The lowest BCUT2D eigenvalue weighted by molar-refractivity contribution is 0.593. The van der Waals surface area contributed by atoms with E-state index >= 15 is 0 Å². The van der Waals surface area contributed by atoms with Crippen molar-refractivity contribution in [3.8, 4) is 0 Å². The molecule has 0 aliphatic heterocycles. The normalized spacial score (nSPS) is 15.8. The molecular formula is C11H16BrNO2S. The molecule has 0 saturated heterocycles. The van der Waals surface area contributed by atoms with Crippen LogP contribution in [-0.2, 0) is 10.0 Å². The molecule has 2 N–H and O–H groups in total. The Morgan fingerprint density at radius 2 is 1.94 bits per heavy atom. The molecule has 0 heterocycles. The zero-order valence-electron chi connectivity index (χ0n) is 9.35. The van der Waals surface area contributed by atoms with Gasteiger partial charge >= 0.3 is 0 Å². The quantitative estimate of drug-likeness (QED) is 0.869. The van der Waals surface area contributed by atoms with E-state index in [-0.39, 0.29) is 15.6 Å². The monoisotopic (exact) mass is 305 g/mol. The summed E-state index contributed by atoms with van der Waals surface area (Å²) in [5.41, 5.74) is 0.772. The van der Waals surface area contributed by atoms with Crippen LogP contribution in [0.3, 0.4) is 0 Å². The minimum absolute atomic E-state index is 0.111. The highest BCUT2D eigenvalue weighted by Gasteiger charge is 2.21. The highest BCUT2D eigenvalue weighted by molar-refractivity contribution is 9.09. The molecular weight excluding hydrogens is 290 g/mol. The Kier molecular flexibility index (Phi) is 4.52. The van der Waals surface area contributed by atoms with Crippen molar-refractivity contribution in [1.29, 1.82) is 0 Å². The van der Waals surface area contributed by atoms with Crippen molar-refractivity contribution >= 4 is 26.0 Å². The topological polar surface area (TPSA) is 60.2 Å². The molecule has 0 aliphatic rings. The highest BCUT2D eigenvalue weighted by atomic mass is 79.9. The molecule has 1 rings (SSSR count). The fourth-order valence-corrected chi connectivity index (χ4v) is 2.80. The molecule has 1 aromatic rings. The van der Waals surface area contributed by atoms with Gasteiger partial charge in [-0.05, 0) is 24.0 Å². The number of halogens is 1. The summed E-state index contributed by atoms with van der Waals surface area (Å²) in [7, 11) is -3.64. The van der Waals surface area contributed by atoms with Crippen LogP contribution in [0.4, 0.5) is 0 Å². The molecule has 0 spiro atoms.